The van der Waals surface area contributed by atoms with Crippen LogP contribution in [0.2, 0.25) is 0 Å². The number of hydrogen-bond donors (Lipinski definition) is 11. The first-order chi connectivity index (χ1) is 22.4. The van der Waals surface area contributed by atoms with Crippen LogP contribution in [-0.2, 0) is 38.0 Å². The van der Waals surface area contributed by atoms with Gasteiger partial charge in [-0.05, 0) is 12.8 Å². The number of aliphatic hydroxyl groups is 9. The summed E-state index contributed by atoms with van der Waals surface area (Å²) in [6.07, 6.45) is -20.5. The SMILES string of the molecule is CCCCC(=O)NCCCO[C@@H]1OC(CO)[C@@H](O[C@@H]2O[C@@H](CO)[C@H](O)C(O[C@H]3OC(CO)[C@H](O)C(O)[C@@H]3O)C2O)C(O)[C@@H]1NC(C)=O. The monoisotopic (exact) mass is 686 g/mol. The largest absolute Gasteiger partial charge is 0.394 e. The molecule has 3 fully saturated rings. The second-order valence-electron chi connectivity index (χ2n) is 11.7. The molecule has 15 atom stereocenters. The standard InChI is InChI=1S/C28H50N2O17/c1-3-4-6-16(35)29-7-5-8-42-26-17(30-12(2)34)20(38)24(15(11-33)45-26)46-28-23(41)25(19(37)14(10-32)44-28)47-27-22(40)21(39)18(36)13(9-31)43-27/h13-15,17-28,31-33,36-41H,3-11H2,1-2H3,(H,29,35)(H,30,34)/t13?,14-,15?,17-,18-,19-,20?,21?,22-,23?,24+,25?,26+,27+,28-/m0/s1. The smallest absolute Gasteiger partial charge is 0.219 e. The van der Waals surface area contributed by atoms with Crippen molar-refractivity contribution in [3.63, 3.8) is 0 Å². The molecule has 19 nitrogen and oxygen atoms in total. The Morgan fingerprint density at radius 3 is 1.85 bits per heavy atom. The minimum Gasteiger partial charge on any atom is -0.394 e. The maximum absolute atomic E-state index is 12.0. The first kappa shape index (κ1) is 39.8. The van der Waals surface area contributed by atoms with Crippen molar-refractivity contribution in [1.82, 2.24) is 10.6 Å². The molecular formula is C28H50N2O17. The van der Waals surface area contributed by atoms with Gasteiger partial charge in [-0.25, -0.2) is 0 Å². The van der Waals surface area contributed by atoms with Gasteiger partial charge in [0.15, 0.2) is 18.9 Å². The number of nitrogens with one attached hydrogen (secondary N) is 2. The van der Waals surface area contributed by atoms with E-state index in [0.29, 0.717) is 19.4 Å². The van der Waals surface area contributed by atoms with E-state index in [9.17, 15) is 55.5 Å². The van der Waals surface area contributed by atoms with Gasteiger partial charge < -0.3 is 85.0 Å². The van der Waals surface area contributed by atoms with E-state index < -0.39 is 118 Å². The van der Waals surface area contributed by atoms with E-state index in [2.05, 4.69) is 10.6 Å². The average Bonchev–Trinajstić information content (AvgIpc) is 3.05. The molecule has 274 valence electrons. The van der Waals surface area contributed by atoms with Crippen molar-refractivity contribution in [3.05, 3.63) is 0 Å². The number of aliphatic hydroxyl groups excluding tert-OH is 9. The predicted octanol–water partition coefficient (Wildman–Crippen LogP) is -5.71. The fourth-order valence-electron chi connectivity index (χ4n) is 5.51. The van der Waals surface area contributed by atoms with Crippen molar-refractivity contribution >= 4 is 11.8 Å². The number of carbonyl (C=O) groups is 2. The Balaban J connectivity index is 1.71. The van der Waals surface area contributed by atoms with Crippen LogP contribution in [0, 0.1) is 0 Å². The van der Waals surface area contributed by atoms with Crippen LogP contribution in [-0.4, -0.2) is 183 Å². The van der Waals surface area contributed by atoms with E-state index in [1.165, 1.54) is 6.92 Å². The third kappa shape index (κ3) is 10.2. The van der Waals surface area contributed by atoms with Gasteiger partial charge in [0.25, 0.3) is 0 Å². The molecule has 0 aromatic rings. The molecule has 19 heteroatoms. The second-order valence-corrected chi connectivity index (χ2v) is 11.7. The number of ether oxygens (including phenoxy) is 6. The summed E-state index contributed by atoms with van der Waals surface area (Å²) in [4.78, 5) is 23.8. The minimum absolute atomic E-state index is 0.0443. The van der Waals surface area contributed by atoms with Gasteiger partial charge in [0.05, 0.1) is 26.4 Å². The van der Waals surface area contributed by atoms with Gasteiger partial charge in [0.1, 0.15) is 73.2 Å². The molecule has 0 saturated carbocycles. The fourth-order valence-corrected chi connectivity index (χ4v) is 5.51. The maximum atomic E-state index is 12.0. The minimum atomic E-state index is -1.92. The van der Waals surface area contributed by atoms with Crippen molar-refractivity contribution in [2.45, 2.75) is 132 Å². The van der Waals surface area contributed by atoms with E-state index in [4.69, 9.17) is 28.4 Å². The molecule has 3 aliphatic heterocycles. The molecule has 0 spiro atoms. The van der Waals surface area contributed by atoms with E-state index in [1.54, 1.807) is 0 Å². The summed E-state index contributed by atoms with van der Waals surface area (Å²) in [5.74, 6) is -0.669. The van der Waals surface area contributed by atoms with Crippen LogP contribution in [0.5, 0.6) is 0 Å². The molecule has 0 aliphatic carbocycles. The summed E-state index contributed by atoms with van der Waals surface area (Å²) < 4.78 is 33.8. The molecule has 3 saturated heterocycles. The number of rotatable bonds is 16. The molecule has 47 heavy (non-hydrogen) atoms. The lowest BCUT2D eigenvalue weighted by atomic mass is 9.95. The van der Waals surface area contributed by atoms with Gasteiger partial charge in [-0.3, -0.25) is 9.59 Å². The average molecular weight is 687 g/mol. The van der Waals surface area contributed by atoms with E-state index in [1.807, 2.05) is 6.92 Å². The lowest BCUT2D eigenvalue weighted by molar-refractivity contribution is -0.376. The highest BCUT2D eigenvalue weighted by Gasteiger charge is 2.54. The van der Waals surface area contributed by atoms with Crippen LogP contribution in [0.25, 0.3) is 0 Å². The zero-order valence-corrected chi connectivity index (χ0v) is 26.3. The van der Waals surface area contributed by atoms with Crippen molar-refractivity contribution in [3.8, 4) is 0 Å². The van der Waals surface area contributed by atoms with E-state index in [-0.39, 0.29) is 12.5 Å². The Kier molecular flexibility index (Phi) is 16.0. The van der Waals surface area contributed by atoms with Crippen LogP contribution in [0.4, 0.5) is 0 Å². The molecule has 0 aromatic carbocycles. The maximum Gasteiger partial charge on any atom is 0.219 e. The highest BCUT2D eigenvalue weighted by Crippen LogP contribution is 2.32. The fraction of sp³-hybridized carbons (Fsp3) is 0.929. The summed E-state index contributed by atoms with van der Waals surface area (Å²) in [5, 5.41) is 98.5. The highest BCUT2D eigenvalue weighted by atomic mass is 16.8. The lowest BCUT2D eigenvalue weighted by Gasteiger charge is -2.48. The van der Waals surface area contributed by atoms with Crippen molar-refractivity contribution in [1.29, 1.82) is 0 Å². The topological polar surface area (TPSA) is 296 Å². The molecule has 0 radical (unpaired) electrons. The number of unbranched alkanes of at least 4 members (excludes halogenated alkanes) is 1. The number of hydrogen-bond acceptors (Lipinski definition) is 17. The lowest BCUT2D eigenvalue weighted by Crippen LogP contribution is -2.68. The Bertz CT molecular complexity index is 964. The third-order valence-electron chi connectivity index (χ3n) is 8.16. The van der Waals surface area contributed by atoms with Gasteiger partial charge >= 0.3 is 0 Å². The van der Waals surface area contributed by atoms with Crippen LogP contribution < -0.4 is 10.6 Å². The zero-order valence-electron chi connectivity index (χ0n) is 26.3. The molecule has 3 aliphatic rings. The van der Waals surface area contributed by atoms with Crippen LogP contribution in [0.3, 0.4) is 0 Å². The first-order valence-electron chi connectivity index (χ1n) is 15.7. The Morgan fingerprint density at radius 1 is 0.681 bits per heavy atom. The summed E-state index contributed by atoms with van der Waals surface area (Å²) in [6.45, 7) is 1.18. The van der Waals surface area contributed by atoms with Crippen LogP contribution in [0.1, 0.15) is 39.5 Å². The summed E-state index contributed by atoms with van der Waals surface area (Å²) in [6, 6.07) is -1.25. The molecule has 2 amide bonds. The normalized spacial score (nSPS) is 41.0. The molecule has 3 rings (SSSR count). The van der Waals surface area contributed by atoms with Crippen LogP contribution >= 0.6 is 0 Å². The van der Waals surface area contributed by atoms with Gasteiger partial charge in [-0.15, -0.1) is 0 Å². The molecule has 0 aromatic heterocycles. The van der Waals surface area contributed by atoms with Crippen molar-refractivity contribution in [2.75, 3.05) is 33.0 Å². The summed E-state index contributed by atoms with van der Waals surface area (Å²) >= 11 is 0. The predicted molar refractivity (Wildman–Crippen MR) is 154 cm³/mol. The second kappa shape index (κ2) is 18.9. The Morgan fingerprint density at radius 2 is 1.26 bits per heavy atom. The summed E-state index contributed by atoms with van der Waals surface area (Å²) in [5.41, 5.74) is 0. The third-order valence-corrected chi connectivity index (χ3v) is 8.16. The molecular weight excluding hydrogens is 636 g/mol. The van der Waals surface area contributed by atoms with E-state index >= 15 is 0 Å². The van der Waals surface area contributed by atoms with Gasteiger partial charge in [-0.1, -0.05) is 13.3 Å². The molecule has 11 N–H and O–H groups in total. The van der Waals surface area contributed by atoms with Crippen LogP contribution in [0.15, 0.2) is 0 Å². The number of carbonyl (C=O) groups excluding carboxylic acids is 2. The van der Waals surface area contributed by atoms with Crippen molar-refractivity contribution in [2.24, 2.45) is 0 Å². The molecule has 0 bridgehead atoms. The quantitative estimate of drug-likeness (QED) is 0.0674. The Hall–Kier alpha value is -1.66. The molecule has 3 heterocycles. The first-order valence-corrected chi connectivity index (χ1v) is 15.7. The zero-order chi connectivity index (χ0) is 34.8. The molecule has 6 unspecified atom stereocenters. The van der Waals surface area contributed by atoms with E-state index in [0.717, 1.165) is 12.8 Å². The van der Waals surface area contributed by atoms with Crippen molar-refractivity contribution < 1.29 is 84.0 Å². The van der Waals surface area contributed by atoms with Gasteiger partial charge in [0.2, 0.25) is 11.8 Å². The van der Waals surface area contributed by atoms with Gasteiger partial charge in [-0.2, -0.15) is 0 Å². The summed E-state index contributed by atoms with van der Waals surface area (Å²) in [7, 11) is 0. The number of amides is 2. The van der Waals surface area contributed by atoms with Gasteiger partial charge in [0, 0.05) is 19.9 Å². The Labute approximate surface area is 271 Å². The highest BCUT2D eigenvalue weighted by molar-refractivity contribution is 5.75.